The first-order valence-corrected chi connectivity index (χ1v) is 5.33. The van der Waals surface area contributed by atoms with E-state index in [0.29, 0.717) is 17.7 Å². The topological polar surface area (TPSA) is 55.5 Å². The molecule has 0 aromatic heterocycles. The van der Waals surface area contributed by atoms with Crippen LogP contribution in [0.15, 0.2) is 29.3 Å². The predicted octanol–water partition coefficient (Wildman–Crippen LogP) is 3.16. The maximum absolute atomic E-state index is 9.90. The number of hydrogen-bond acceptors (Lipinski definition) is 3. The lowest BCUT2D eigenvalue weighted by Gasteiger charge is -2.15. The normalized spacial score (nSPS) is 11.4. The summed E-state index contributed by atoms with van der Waals surface area (Å²) >= 11 is 3.35. The highest BCUT2D eigenvalue weighted by atomic mass is 79.9. The summed E-state index contributed by atoms with van der Waals surface area (Å²) in [6.07, 6.45) is 2.31. The molecule has 0 aliphatic rings. The molecule has 0 radical (unpaired) electrons. The van der Waals surface area contributed by atoms with Gasteiger partial charge in [-0.2, -0.15) is 0 Å². The Kier molecular flexibility index (Phi) is 6.48. The van der Waals surface area contributed by atoms with Crippen molar-refractivity contribution in [2.45, 2.75) is 12.5 Å². The van der Waals surface area contributed by atoms with Gasteiger partial charge in [0, 0.05) is 16.1 Å². The summed E-state index contributed by atoms with van der Waals surface area (Å²) in [5, 5.41) is 9.90. The van der Waals surface area contributed by atoms with Gasteiger partial charge in [0.1, 0.15) is 0 Å². The van der Waals surface area contributed by atoms with Crippen molar-refractivity contribution in [3.05, 3.63) is 34.8 Å². The Bertz CT molecular complexity index is 371. The van der Waals surface area contributed by atoms with E-state index in [9.17, 15) is 5.11 Å². The van der Waals surface area contributed by atoms with Crippen molar-refractivity contribution < 1.29 is 9.84 Å². The zero-order chi connectivity index (χ0) is 11.4. The van der Waals surface area contributed by atoms with Crippen LogP contribution in [0.3, 0.4) is 0 Å². The second-order valence-corrected chi connectivity index (χ2v) is 4.00. The molecule has 0 aliphatic carbocycles. The minimum Gasteiger partial charge on any atom is -0.504 e. The highest BCUT2D eigenvalue weighted by molar-refractivity contribution is 9.10. The number of aromatic hydroxyl groups is 1. The molecule has 1 atom stereocenters. The lowest BCUT2D eigenvalue weighted by Crippen LogP contribution is -2.10. The molecule has 90 valence electrons. The van der Waals surface area contributed by atoms with Crippen LogP contribution in [-0.4, -0.2) is 12.2 Å². The highest BCUT2D eigenvalue weighted by Crippen LogP contribution is 2.38. The first-order chi connectivity index (χ1) is 7.11. The van der Waals surface area contributed by atoms with Gasteiger partial charge in [0.05, 0.1) is 7.11 Å². The van der Waals surface area contributed by atoms with Crippen LogP contribution in [0.2, 0.25) is 0 Å². The minimum absolute atomic E-state index is 0. The smallest absolute Gasteiger partial charge is 0.163 e. The monoisotopic (exact) mass is 307 g/mol. The van der Waals surface area contributed by atoms with E-state index in [1.54, 1.807) is 18.2 Å². The summed E-state index contributed by atoms with van der Waals surface area (Å²) in [6, 6.07) is 3.20. The van der Waals surface area contributed by atoms with Crippen molar-refractivity contribution in [2.75, 3.05) is 7.11 Å². The fourth-order valence-electron chi connectivity index (χ4n) is 1.38. The Morgan fingerprint density at radius 3 is 2.75 bits per heavy atom. The molecule has 16 heavy (non-hydrogen) atoms. The molecule has 0 saturated carbocycles. The van der Waals surface area contributed by atoms with Crippen LogP contribution < -0.4 is 10.5 Å². The van der Waals surface area contributed by atoms with Crippen molar-refractivity contribution in [2.24, 2.45) is 5.73 Å². The van der Waals surface area contributed by atoms with Crippen molar-refractivity contribution in [3.8, 4) is 11.5 Å². The molecular formula is C11H15BrClNO2. The minimum atomic E-state index is -0.285. The Hall–Kier alpha value is -0.710. The van der Waals surface area contributed by atoms with Gasteiger partial charge < -0.3 is 15.6 Å². The number of phenolic OH excluding ortho intramolecular Hbond substituents is 1. The lowest BCUT2D eigenvalue weighted by atomic mass is 10.0. The van der Waals surface area contributed by atoms with Gasteiger partial charge in [0.25, 0.3) is 0 Å². The number of benzene rings is 1. The zero-order valence-electron chi connectivity index (χ0n) is 8.94. The summed E-state index contributed by atoms with van der Waals surface area (Å²) in [7, 11) is 1.51. The van der Waals surface area contributed by atoms with Gasteiger partial charge in [-0.05, 0) is 18.6 Å². The Morgan fingerprint density at radius 1 is 1.62 bits per heavy atom. The quantitative estimate of drug-likeness (QED) is 0.840. The van der Waals surface area contributed by atoms with E-state index in [1.165, 1.54) is 7.11 Å². The van der Waals surface area contributed by atoms with Crippen molar-refractivity contribution in [1.29, 1.82) is 0 Å². The maximum atomic E-state index is 9.90. The molecule has 0 fully saturated rings. The molecule has 0 bridgehead atoms. The van der Waals surface area contributed by atoms with Crippen molar-refractivity contribution in [1.82, 2.24) is 0 Å². The largest absolute Gasteiger partial charge is 0.504 e. The molecule has 1 aromatic rings. The van der Waals surface area contributed by atoms with Gasteiger partial charge in [-0.3, -0.25) is 0 Å². The summed E-state index contributed by atoms with van der Waals surface area (Å²) in [6.45, 7) is 3.62. The van der Waals surface area contributed by atoms with Crippen LogP contribution in [0.25, 0.3) is 0 Å². The third-order valence-corrected chi connectivity index (χ3v) is 2.83. The number of nitrogens with two attached hydrogens (primary N) is 1. The van der Waals surface area contributed by atoms with Gasteiger partial charge in [-0.25, -0.2) is 0 Å². The van der Waals surface area contributed by atoms with Crippen LogP contribution in [0, 0.1) is 0 Å². The van der Waals surface area contributed by atoms with Gasteiger partial charge >= 0.3 is 0 Å². The average Bonchev–Trinajstić information content (AvgIpc) is 2.18. The number of halogens is 2. The second-order valence-electron chi connectivity index (χ2n) is 3.14. The van der Waals surface area contributed by atoms with E-state index in [2.05, 4.69) is 22.5 Å². The molecule has 0 amide bonds. The first kappa shape index (κ1) is 15.3. The molecule has 1 aromatic carbocycles. The summed E-state index contributed by atoms with van der Waals surface area (Å²) < 4.78 is 5.79. The molecule has 3 nitrogen and oxygen atoms in total. The Labute approximate surface area is 110 Å². The molecule has 0 heterocycles. The predicted molar refractivity (Wildman–Crippen MR) is 71.3 cm³/mol. The molecule has 5 heteroatoms. The van der Waals surface area contributed by atoms with E-state index >= 15 is 0 Å². The van der Waals surface area contributed by atoms with Crippen LogP contribution in [0.1, 0.15) is 18.0 Å². The molecule has 0 saturated heterocycles. The van der Waals surface area contributed by atoms with Crippen LogP contribution in [-0.2, 0) is 0 Å². The second kappa shape index (κ2) is 6.78. The van der Waals surface area contributed by atoms with E-state index in [0.717, 1.165) is 4.47 Å². The van der Waals surface area contributed by atoms with E-state index in [4.69, 9.17) is 10.5 Å². The third kappa shape index (κ3) is 3.14. The Balaban J connectivity index is 0.00000225. The fraction of sp³-hybridized carbons (Fsp3) is 0.273. The van der Waals surface area contributed by atoms with E-state index in [-0.39, 0.29) is 24.2 Å². The molecule has 0 unspecified atom stereocenters. The number of phenols is 1. The number of methoxy groups -OCH3 is 1. The Morgan fingerprint density at radius 2 is 2.25 bits per heavy atom. The van der Waals surface area contributed by atoms with Crippen molar-refractivity contribution >= 4 is 28.3 Å². The first-order valence-electron chi connectivity index (χ1n) is 4.53. The van der Waals surface area contributed by atoms with Gasteiger partial charge in [0.2, 0.25) is 0 Å². The molecule has 1 rings (SSSR count). The summed E-state index contributed by atoms with van der Waals surface area (Å²) in [5.41, 5.74) is 6.56. The van der Waals surface area contributed by atoms with Gasteiger partial charge in [0.15, 0.2) is 11.5 Å². The molecule has 3 N–H and O–H groups in total. The summed E-state index contributed by atoms with van der Waals surface area (Å²) in [4.78, 5) is 0. The molecule has 0 aliphatic heterocycles. The number of rotatable bonds is 4. The fourth-order valence-corrected chi connectivity index (χ4v) is 1.99. The summed E-state index contributed by atoms with van der Waals surface area (Å²) in [5.74, 6) is 0.508. The average molecular weight is 309 g/mol. The third-order valence-electron chi connectivity index (χ3n) is 2.14. The van der Waals surface area contributed by atoms with E-state index in [1.807, 2.05) is 0 Å². The van der Waals surface area contributed by atoms with Gasteiger partial charge in [-0.1, -0.05) is 22.0 Å². The SMILES string of the molecule is C=CC[C@H](N)c1c(Br)ccc(OC)c1O.Cl. The van der Waals surface area contributed by atoms with Gasteiger partial charge in [-0.15, -0.1) is 19.0 Å². The zero-order valence-corrected chi connectivity index (χ0v) is 11.3. The van der Waals surface area contributed by atoms with Crippen molar-refractivity contribution in [3.63, 3.8) is 0 Å². The van der Waals surface area contributed by atoms with Crippen LogP contribution >= 0.6 is 28.3 Å². The van der Waals surface area contributed by atoms with Crippen LogP contribution in [0.4, 0.5) is 0 Å². The number of hydrogen-bond donors (Lipinski definition) is 2. The molecule has 0 spiro atoms. The van der Waals surface area contributed by atoms with Crippen LogP contribution in [0.5, 0.6) is 11.5 Å². The van der Waals surface area contributed by atoms with E-state index < -0.39 is 0 Å². The maximum Gasteiger partial charge on any atom is 0.163 e. The number of ether oxygens (including phenoxy) is 1. The lowest BCUT2D eigenvalue weighted by molar-refractivity contribution is 0.368. The highest BCUT2D eigenvalue weighted by Gasteiger charge is 2.17. The standard InChI is InChI=1S/C11H14BrNO2.ClH/c1-3-4-8(13)10-7(12)5-6-9(15-2)11(10)14;/h3,5-6,8,14H,1,4,13H2,2H3;1H/t8-;/m0./s1. The molecular weight excluding hydrogens is 293 g/mol.